The van der Waals surface area contributed by atoms with Crippen molar-refractivity contribution in [1.82, 2.24) is 5.32 Å². The van der Waals surface area contributed by atoms with Crippen LogP contribution in [0.2, 0.25) is 5.02 Å². The molecule has 1 atom stereocenters. The molecular formula is C20H18ClNO3S. The molecule has 0 fully saturated rings. The second-order valence-electron chi connectivity index (χ2n) is 5.67. The first-order valence-electron chi connectivity index (χ1n) is 8.03. The lowest BCUT2D eigenvalue weighted by Gasteiger charge is -2.12. The average Bonchev–Trinajstić information content (AvgIpc) is 2.63. The molecule has 2 N–H and O–H groups in total. The van der Waals surface area contributed by atoms with E-state index in [1.54, 1.807) is 42.5 Å². The smallest absolute Gasteiger partial charge is 0.186 e. The lowest BCUT2D eigenvalue weighted by molar-refractivity contribution is 0.480. The summed E-state index contributed by atoms with van der Waals surface area (Å²) in [5.74, 6) is 1.19. The molecule has 1 unspecified atom stereocenters. The fraction of sp³-hybridized carbons (Fsp3) is 0.100. The summed E-state index contributed by atoms with van der Waals surface area (Å²) in [6.07, 6.45) is 0. The molecule has 26 heavy (non-hydrogen) atoms. The van der Waals surface area contributed by atoms with Gasteiger partial charge in [-0.1, -0.05) is 48.0 Å². The zero-order chi connectivity index (χ0) is 18.4. The highest BCUT2D eigenvalue weighted by molar-refractivity contribution is 7.79. The molecule has 4 nitrogen and oxygen atoms in total. The van der Waals surface area contributed by atoms with Crippen molar-refractivity contribution < 1.29 is 13.5 Å². The van der Waals surface area contributed by atoms with Crippen LogP contribution in [0, 0.1) is 0 Å². The third kappa shape index (κ3) is 5.16. The maximum Gasteiger partial charge on any atom is 0.186 e. The molecule has 0 amide bonds. The van der Waals surface area contributed by atoms with Crippen LogP contribution in [-0.2, 0) is 24.2 Å². The van der Waals surface area contributed by atoms with Crippen LogP contribution in [0.4, 0.5) is 0 Å². The summed E-state index contributed by atoms with van der Waals surface area (Å²) in [6, 6.07) is 22.1. The van der Waals surface area contributed by atoms with Crippen LogP contribution >= 0.6 is 11.6 Å². The van der Waals surface area contributed by atoms with Gasteiger partial charge in [0.2, 0.25) is 0 Å². The monoisotopic (exact) mass is 387 g/mol. The molecule has 0 aliphatic rings. The summed E-state index contributed by atoms with van der Waals surface area (Å²) in [4.78, 5) is 0.365. The molecule has 0 spiro atoms. The van der Waals surface area contributed by atoms with E-state index in [4.69, 9.17) is 16.3 Å². The summed E-state index contributed by atoms with van der Waals surface area (Å²) in [7, 11) is 0. The molecule has 0 bridgehead atoms. The van der Waals surface area contributed by atoms with Gasteiger partial charge < -0.3 is 14.6 Å². The standard InChI is InChI=1S/C20H18ClNO3S/c21-17-7-4-8-18(12-17)25-19-9-10-20(26(23)24)16(11-19)14-22-13-15-5-2-1-3-6-15/h1-12,22H,13-14H2,(H,23,24). The van der Waals surface area contributed by atoms with Crippen molar-refractivity contribution in [2.75, 3.05) is 0 Å². The normalized spacial score (nSPS) is 11.9. The molecule has 0 aromatic heterocycles. The lowest BCUT2D eigenvalue weighted by Crippen LogP contribution is -2.14. The van der Waals surface area contributed by atoms with Crippen LogP contribution in [-0.4, -0.2) is 8.76 Å². The molecule has 3 aromatic carbocycles. The van der Waals surface area contributed by atoms with E-state index in [0.717, 1.165) is 5.56 Å². The Kier molecular flexibility index (Phi) is 6.41. The fourth-order valence-corrected chi connectivity index (χ4v) is 3.25. The molecule has 0 radical (unpaired) electrons. The van der Waals surface area contributed by atoms with Crippen LogP contribution in [0.3, 0.4) is 0 Å². The maximum absolute atomic E-state index is 11.6. The van der Waals surface area contributed by atoms with Crippen LogP contribution < -0.4 is 10.1 Å². The molecule has 0 aliphatic heterocycles. The lowest BCUT2D eigenvalue weighted by atomic mass is 10.2. The second-order valence-corrected chi connectivity index (χ2v) is 7.04. The molecule has 0 saturated carbocycles. The fourth-order valence-electron chi connectivity index (χ4n) is 2.53. The number of ether oxygens (including phenoxy) is 1. The van der Waals surface area contributed by atoms with Crippen LogP contribution in [0.25, 0.3) is 0 Å². The number of nitrogens with one attached hydrogen (secondary N) is 1. The summed E-state index contributed by atoms with van der Waals surface area (Å²) in [5, 5.41) is 3.87. The van der Waals surface area contributed by atoms with Gasteiger partial charge in [-0.15, -0.1) is 0 Å². The minimum atomic E-state index is -2.06. The third-order valence-corrected chi connectivity index (χ3v) is 4.75. The zero-order valence-corrected chi connectivity index (χ0v) is 15.5. The molecule has 6 heteroatoms. The number of hydrogen-bond donors (Lipinski definition) is 2. The Bertz CT molecular complexity index is 903. The van der Waals surface area contributed by atoms with E-state index in [0.29, 0.717) is 40.1 Å². The minimum Gasteiger partial charge on any atom is -0.457 e. The summed E-state index contributed by atoms with van der Waals surface area (Å²) < 4.78 is 26.9. The van der Waals surface area contributed by atoms with Gasteiger partial charge in [-0.05, 0) is 47.5 Å². The largest absolute Gasteiger partial charge is 0.457 e. The highest BCUT2D eigenvalue weighted by atomic mass is 35.5. The predicted octanol–water partition coefficient (Wildman–Crippen LogP) is 5.00. The van der Waals surface area contributed by atoms with Gasteiger partial charge in [0, 0.05) is 18.1 Å². The quantitative estimate of drug-likeness (QED) is 0.560. The van der Waals surface area contributed by atoms with Crippen LogP contribution in [0.5, 0.6) is 11.5 Å². The summed E-state index contributed by atoms with van der Waals surface area (Å²) >= 11 is 3.91. The number of rotatable bonds is 7. The molecule has 134 valence electrons. The van der Waals surface area contributed by atoms with E-state index in [-0.39, 0.29) is 0 Å². The number of halogens is 1. The Hall–Kier alpha value is -2.18. The molecule has 3 aromatic rings. The van der Waals surface area contributed by atoms with Crippen molar-refractivity contribution >= 4 is 22.7 Å². The van der Waals surface area contributed by atoms with Gasteiger partial charge in [0.05, 0.1) is 4.90 Å². The summed E-state index contributed by atoms with van der Waals surface area (Å²) in [5.41, 5.74) is 1.85. The van der Waals surface area contributed by atoms with Crippen molar-refractivity contribution in [2.45, 2.75) is 18.0 Å². The van der Waals surface area contributed by atoms with Crippen molar-refractivity contribution in [3.63, 3.8) is 0 Å². The topological polar surface area (TPSA) is 58.6 Å². The molecular weight excluding hydrogens is 370 g/mol. The molecule has 3 rings (SSSR count). The van der Waals surface area contributed by atoms with Gasteiger partial charge >= 0.3 is 0 Å². The van der Waals surface area contributed by atoms with E-state index in [1.165, 1.54) is 0 Å². The molecule has 0 saturated heterocycles. The van der Waals surface area contributed by atoms with Crippen LogP contribution in [0.15, 0.2) is 77.7 Å². The van der Waals surface area contributed by atoms with E-state index in [2.05, 4.69) is 5.32 Å². The van der Waals surface area contributed by atoms with Gasteiger partial charge in [-0.25, -0.2) is 4.21 Å². The Morgan fingerprint density at radius 2 is 1.69 bits per heavy atom. The van der Waals surface area contributed by atoms with Gasteiger partial charge in [0.1, 0.15) is 11.5 Å². The Labute approximate surface area is 160 Å². The first kappa shape index (κ1) is 18.6. The first-order chi connectivity index (χ1) is 12.6. The Morgan fingerprint density at radius 1 is 0.923 bits per heavy atom. The van der Waals surface area contributed by atoms with E-state index in [1.807, 2.05) is 30.3 Å². The number of benzene rings is 3. The first-order valence-corrected chi connectivity index (χ1v) is 9.52. The van der Waals surface area contributed by atoms with E-state index >= 15 is 0 Å². The van der Waals surface area contributed by atoms with Crippen LogP contribution in [0.1, 0.15) is 11.1 Å². The number of hydrogen-bond acceptors (Lipinski definition) is 3. The van der Waals surface area contributed by atoms with Gasteiger partial charge in [0.15, 0.2) is 11.1 Å². The maximum atomic E-state index is 11.6. The van der Waals surface area contributed by atoms with Crippen molar-refractivity contribution in [1.29, 1.82) is 0 Å². The van der Waals surface area contributed by atoms with E-state index in [9.17, 15) is 8.76 Å². The molecule has 0 heterocycles. The van der Waals surface area contributed by atoms with Gasteiger partial charge in [0.25, 0.3) is 0 Å². The Balaban J connectivity index is 1.74. The summed E-state index contributed by atoms with van der Waals surface area (Å²) in [6.45, 7) is 1.11. The second kappa shape index (κ2) is 8.96. The van der Waals surface area contributed by atoms with Crippen molar-refractivity contribution in [2.24, 2.45) is 0 Å². The van der Waals surface area contributed by atoms with E-state index < -0.39 is 11.1 Å². The zero-order valence-electron chi connectivity index (χ0n) is 13.9. The predicted molar refractivity (Wildman–Crippen MR) is 104 cm³/mol. The third-order valence-electron chi connectivity index (χ3n) is 3.74. The Morgan fingerprint density at radius 3 is 2.42 bits per heavy atom. The van der Waals surface area contributed by atoms with Gasteiger partial charge in [-0.2, -0.15) is 0 Å². The highest BCUT2D eigenvalue weighted by Gasteiger charge is 2.10. The van der Waals surface area contributed by atoms with Gasteiger partial charge in [-0.3, -0.25) is 0 Å². The average molecular weight is 388 g/mol. The highest BCUT2D eigenvalue weighted by Crippen LogP contribution is 2.27. The van der Waals surface area contributed by atoms with Crippen molar-refractivity contribution in [3.05, 3.63) is 88.9 Å². The minimum absolute atomic E-state index is 0.365. The van der Waals surface area contributed by atoms with Crippen molar-refractivity contribution in [3.8, 4) is 11.5 Å². The molecule has 0 aliphatic carbocycles. The SMILES string of the molecule is O=S(O)c1ccc(Oc2cccc(Cl)c2)cc1CNCc1ccccc1.